The molecule has 0 spiro atoms. The fraction of sp³-hybridized carbons (Fsp3) is 0.722. The van der Waals surface area contributed by atoms with Crippen LogP contribution in [0.5, 0.6) is 0 Å². The van der Waals surface area contributed by atoms with Crippen LogP contribution in [0.25, 0.3) is 11.2 Å². The zero-order valence-corrected chi connectivity index (χ0v) is 18.7. The maximum Gasteiger partial charge on any atom is 0.226 e. The molecule has 162 valence electrons. The molecule has 0 aromatic carbocycles. The molecule has 0 bridgehead atoms. The molecular formula is C18H29ClFN5O3Si. The van der Waals surface area contributed by atoms with Crippen LogP contribution in [0.1, 0.15) is 32.4 Å². The zero-order chi connectivity index (χ0) is 21.2. The lowest BCUT2D eigenvalue weighted by molar-refractivity contribution is -0.0459. The van der Waals surface area contributed by atoms with Gasteiger partial charge in [-0.2, -0.15) is 9.97 Å². The van der Waals surface area contributed by atoms with Crippen LogP contribution >= 0.6 is 11.6 Å². The van der Waals surface area contributed by atoms with Crippen molar-refractivity contribution in [2.45, 2.75) is 69.9 Å². The minimum atomic E-state index is -1.72. The summed E-state index contributed by atoms with van der Waals surface area (Å²) in [5.74, 6) is 0.502. The molecule has 1 saturated heterocycles. The van der Waals surface area contributed by atoms with Gasteiger partial charge in [-0.3, -0.25) is 4.57 Å². The Morgan fingerprint density at radius 1 is 1.34 bits per heavy atom. The number of hydrogen-bond acceptors (Lipinski definition) is 7. The number of rotatable bonds is 9. The number of anilines is 1. The topological polar surface area (TPSA) is 105 Å². The van der Waals surface area contributed by atoms with Crippen LogP contribution < -0.4 is 5.32 Å². The quantitative estimate of drug-likeness (QED) is 0.309. The lowest BCUT2D eigenvalue weighted by Gasteiger charge is -2.23. The number of unbranched alkanes of at least 4 members (excludes halogenated alkanes) is 2. The summed E-state index contributed by atoms with van der Waals surface area (Å²) in [5, 5.41) is 22.6. The third kappa shape index (κ3) is 4.88. The largest absolute Gasteiger partial charge is 0.394 e. The lowest BCUT2D eigenvalue weighted by Crippen LogP contribution is -2.35. The minimum absolute atomic E-state index is 0.0138. The van der Waals surface area contributed by atoms with Gasteiger partial charge in [-0.25, -0.2) is 9.37 Å². The maximum absolute atomic E-state index is 14.5. The van der Waals surface area contributed by atoms with Crippen LogP contribution in [-0.2, 0) is 4.74 Å². The highest BCUT2D eigenvalue weighted by atomic mass is 35.5. The molecule has 0 radical (unpaired) electrons. The molecule has 3 N–H and O–H groups in total. The Hall–Kier alpha value is -1.33. The molecule has 2 aromatic heterocycles. The average Bonchev–Trinajstić information content (AvgIpc) is 3.21. The molecule has 0 amide bonds. The van der Waals surface area contributed by atoms with Gasteiger partial charge in [0.1, 0.15) is 12.2 Å². The van der Waals surface area contributed by atoms with Crippen molar-refractivity contribution in [3.8, 4) is 0 Å². The molecule has 1 aliphatic rings. The first kappa shape index (κ1) is 22.4. The van der Waals surface area contributed by atoms with E-state index >= 15 is 0 Å². The maximum atomic E-state index is 14.5. The van der Waals surface area contributed by atoms with Crippen LogP contribution in [-0.4, -0.2) is 69.0 Å². The van der Waals surface area contributed by atoms with Crippen LogP contribution in [0.2, 0.25) is 24.4 Å². The van der Waals surface area contributed by atoms with Crippen molar-refractivity contribution in [2.75, 3.05) is 18.1 Å². The number of aromatic nitrogens is 4. The minimum Gasteiger partial charge on any atom is -0.394 e. The summed E-state index contributed by atoms with van der Waals surface area (Å²) in [6, 6.07) is 1.21. The van der Waals surface area contributed by atoms with Crippen LogP contribution in [0.15, 0.2) is 6.33 Å². The number of nitrogens with one attached hydrogen (secondary N) is 1. The number of alkyl halides is 1. The Balaban J connectivity index is 1.82. The number of hydrogen-bond donors (Lipinski definition) is 3. The van der Waals surface area contributed by atoms with Gasteiger partial charge in [0.15, 0.2) is 29.4 Å². The molecule has 4 unspecified atom stereocenters. The summed E-state index contributed by atoms with van der Waals surface area (Å²) in [5.41, 5.74) is 0.780. The molecule has 1 fully saturated rings. The van der Waals surface area contributed by atoms with E-state index in [0.717, 1.165) is 6.17 Å². The molecule has 0 saturated carbocycles. The highest BCUT2D eigenvalue weighted by Gasteiger charge is 2.45. The summed E-state index contributed by atoms with van der Waals surface area (Å²) >= 11 is 6.12. The molecule has 8 nitrogen and oxygen atoms in total. The second kappa shape index (κ2) is 9.21. The first-order valence-corrected chi connectivity index (χ1v) is 13.8. The van der Waals surface area contributed by atoms with Crippen LogP contribution in [0, 0.1) is 0 Å². The van der Waals surface area contributed by atoms with Gasteiger partial charge in [-0.1, -0.05) is 45.3 Å². The standard InChI is InChI=1S/C18H29ClFN5O3Si/c1-4-5-6-7-29(2,3)10-22-15-13-16(24-18(19)23-15)25(9-21-13)17-12(20)14(27)11(8-26)28-17/h9,11-12,14,17,26-27H,4-8,10H2,1-3H3,(H,22,23,24). The van der Waals surface area contributed by atoms with E-state index in [1.807, 2.05) is 0 Å². The Morgan fingerprint density at radius 2 is 2.10 bits per heavy atom. The van der Waals surface area contributed by atoms with E-state index in [1.54, 1.807) is 0 Å². The number of imidazole rings is 1. The molecular weight excluding hydrogens is 417 g/mol. The van der Waals surface area contributed by atoms with Gasteiger partial charge in [0, 0.05) is 6.17 Å². The van der Waals surface area contributed by atoms with E-state index in [9.17, 15) is 14.6 Å². The van der Waals surface area contributed by atoms with E-state index in [2.05, 4.69) is 40.3 Å². The third-order valence-corrected chi connectivity index (χ3v) is 8.34. The second-order valence-corrected chi connectivity index (χ2v) is 13.8. The normalized spacial score (nSPS) is 25.1. The van der Waals surface area contributed by atoms with Crippen molar-refractivity contribution >= 4 is 36.7 Å². The molecule has 3 heterocycles. The fourth-order valence-electron chi connectivity index (χ4n) is 3.54. The van der Waals surface area contributed by atoms with E-state index in [1.165, 1.54) is 36.2 Å². The molecule has 1 aliphatic heterocycles. The first-order valence-electron chi connectivity index (χ1n) is 10.00. The SMILES string of the molecule is CCCCC[Si](C)(C)CNc1nc(Cl)nc2c1ncn2C1OC(CO)C(O)C1F. The van der Waals surface area contributed by atoms with Crippen molar-refractivity contribution < 1.29 is 19.3 Å². The van der Waals surface area contributed by atoms with Gasteiger partial charge in [0.05, 0.1) is 21.0 Å². The number of aliphatic hydroxyl groups excluding tert-OH is 2. The van der Waals surface area contributed by atoms with Crippen molar-refractivity contribution in [3.05, 3.63) is 11.6 Å². The van der Waals surface area contributed by atoms with Gasteiger partial charge in [-0.05, 0) is 11.6 Å². The van der Waals surface area contributed by atoms with Crippen molar-refractivity contribution in [2.24, 2.45) is 0 Å². The highest BCUT2D eigenvalue weighted by molar-refractivity contribution is 6.78. The summed E-state index contributed by atoms with van der Waals surface area (Å²) in [6.45, 7) is 6.36. The summed E-state index contributed by atoms with van der Waals surface area (Å²) in [4.78, 5) is 12.8. The van der Waals surface area contributed by atoms with Crippen LogP contribution in [0.4, 0.5) is 10.2 Å². The number of fused-ring (bicyclic) bond motifs is 1. The number of aliphatic hydroxyl groups is 2. The monoisotopic (exact) mass is 445 g/mol. The van der Waals surface area contributed by atoms with E-state index in [0.29, 0.717) is 17.0 Å². The molecule has 29 heavy (non-hydrogen) atoms. The molecule has 4 atom stereocenters. The van der Waals surface area contributed by atoms with Gasteiger partial charge in [0.25, 0.3) is 0 Å². The Kier molecular flexibility index (Phi) is 7.10. The summed E-state index contributed by atoms with van der Waals surface area (Å²) in [6.07, 6.45) is 0.558. The third-order valence-electron chi connectivity index (χ3n) is 5.33. The van der Waals surface area contributed by atoms with Gasteiger partial charge >= 0.3 is 0 Å². The number of nitrogens with zero attached hydrogens (tertiary/aromatic N) is 4. The fourth-order valence-corrected chi connectivity index (χ4v) is 5.74. The second-order valence-electron chi connectivity index (χ2n) is 8.32. The van der Waals surface area contributed by atoms with Crippen molar-refractivity contribution in [1.29, 1.82) is 0 Å². The average molecular weight is 446 g/mol. The van der Waals surface area contributed by atoms with E-state index in [-0.39, 0.29) is 5.28 Å². The van der Waals surface area contributed by atoms with Crippen LogP contribution in [0.3, 0.4) is 0 Å². The Labute approximate surface area is 175 Å². The summed E-state index contributed by atoms with van der Waals surface area (Å²) in [7, 11) is -1.48. The molecule has 0 aliphatic carbocycles. The number of ether oxygens (including phenoxy) is 1. The first-order chi connectivity index (χ1) is 13.8. The molecule has 2 aromatic rings. The molecule has 11 heteroatoms. The summed E-state index contributed by atoms with van der Waals surface area (Å²) < 4.78 is 21.4. The Morgan fingerprint density at radius 3 is 2.76 bits per heavy atom. The van der Waals surface area contributed by atoms with Gasteiger partial charge < -0.3 is 20.3 Å². The predicted octanol–water partition coefficient (Wildman–Crippen LogP) is 2.92. The predicted molar refractivity (Wildman–Crippen MR) is 113 cm³/mol. The van der Waals surface area contributed by atoms with Gasteiger partial charge in [0.2, 0.25) is 5.28 Å². The Bertz CT molecular complexity index is 839. The van der Waals surface area contributed by atoms with Crippen molar-refractivity contribution in [3.63, 3.8) is 0 Å². The van der Waals surface area contributed by atoms with Gasteiger partial charge in [-0.15, -0.1) is 0 Å². The van der Waals surface area contributed by atoms with Crippen molar-refractivity contribution in [1.82, 2.24) is 19.5 Å². The lowest BCUT2D eigenvalue weighted by atomic mass is 10.1. The van der Waals surface area contributed by atoms with E-state index < -0.39 is 39.3 Å². The highest BCUT2D eigenvalue weighted by Crippen LogP contribution is 2.34. The molecule has 3 rings (SSSR count). The number of halogens is 2. The smallest absolute Gasteiger partial charge is 0.226 e. The zero-order valence-electron chi connectivity index (χ0n) is 17.0. The van der Waals surface area contributed by atoms with E-state index in [4.69, 9.17) is 16.3 Å².